The Balaban J connectivity index is 1.40. The van der Waals surface area contributed by atoms with Crippen LogP contribution in [0.5, 0.6) is 11.5 Å². The molecular weight excluding hydrogens is 480 g/mol. The second kappa shape index (κ2) is 11.7. The summed E-state index contributed by atoms with van der Waals surface area (Å²) in [4.78, 5) is 21.2. The minimum atomic E-state index is 0.0335. The fourth-order valence-electron chi connectivity index (χ4n) is 4.74. The van der Waals surface area contributed by atoms with Crippen LogP contribution in [0.3, 0.4) is 0 Å². The number of thioether (sulfide) groups is 1. The molecule has 3 aromatic rings. The predicted molar refractivity (Wildman–Crippen MR) is 151 cm³/mol. The van der Waals surface area contributed by atoms with Gasteiger partial charge >= 0.3 is 0 Å². The van der Waals surface area contributed by atoms with E-state index >= 15 is 0 Å². The third kappa shape index (κ3) is 6.08. The number of rotatable bonds is 7. The molecule has 0 radical (unpaired) electrons. The summed E-state index contributed by atoms with van der Waals surface area (Å²) in [5.74, 6) is 1.34. The van der Waals surface area contributed by atoms with Crippen LogP contribution in [0.1, 0.15) is 48.8 Å². The van der Waals surface area contributed by atoms with Gasteiger partial charge in [0.1, 0.15) is 6.61 Å². The van der Waals surface area contributed by atoms with Gasteiger partial charge in [0.25, 0.3) is 5.91 Å². The summed E-state index contributed by atoms with van der Waals surface area (Å²) >= 11 is 1.46. The Bertz CT molecular complexity index is 1300. The van der Waals surface area contributed by atoms with Crippen LogP contribution in [-0.2, 0) is 11.4 Å². The largest absolute Gasteiger partial charge is 0.493 e. The lowest BCUT2D eigenvalue weighted by Crippen LogP contribution is -2.40. The fourth-order valence-corrected chi connectivity index (χ4v) is 5.79. The number of carbonyl (C=O) groups excluding carboxylic acids is 1. The Labute approximate surface area is 223 Å². The average Bonchev–Trinajstić information content (AvgIpc) is 3.24. The fraction of sp³-hybridized carbons (Fsp3) is 0.290. The van der Waals surface area contributed by atoms with Crippen molar-refractivity contribution in [3.63, 3.8) is 0 Å². The van der Waals surface area contributed by atoms with E-state index in [0.717, 1.165) is 47.7 Å². The van der Waals surface area contributed by atoms with E-state index in [0.29, 0.717) is 23.0 Å². The van der Waals surface area contributed by atoms with Gasteiger partial charge in [-0.15, -0.1) is 0 Å². The number of nitrogens with zero attached hydrogens (tertiary/aromatic N) is 2. The minimum absolute atomic E-state index is 0.0335. The zero-order valence-electron chi connectivity index (χ0n) is 21.4. The average molecular weight is 513 g/mol. The van der Waals surface area contributed by atoms with Crippen LogP contribution in [-0.4, -0.2) is 29.1 Å². The lowest BCUT2D eigenvalue weighted by molar-refractivity contribution is -0.124. The van der Waals surface area contributed by atoms with Crippen molar-refractivity contribution in [2.24, 2.45) is 4.99 Å². The van der Waals surface area contributed by atoms with Gasteiger partial charge in [0, 0.05) is 6.04 Å². The summed E-state index contributed by atoms with van der Waals surface area (Å²) in [6.07, 6.45) is 7.51. The number of hydrogen-bond acceptors (Lipinski definition) is 5. The van der Waals surface area contributed by atoms with E-state index in [1.54, 1.807) is 7.11 Å². The Morgan fingerprint density at radius 1 is 0.973 bits per heavy atom. The van der Waals surface area contributed by atoms with E-state index in [2.05, 4.69) is 19.1 Å². The molecule has 5 rings (SSSR count). The molecule has 37 heavy (non-hydrogen) atoms. The number of carbonyl (C=O) groups is 1. The molecule has 3 aromatic carbocycles. The molecule has 5 nitrogen and oxygen atoms in total. The number of benzene rings is 3. The first-order valence-electron chi connectivity index (χ1n) is 12.8. The molecule has 0 N–H and O–H groups in total. The summed E-state index contributed by atoms with van der Waals surface area (Å²) in [7, 11) is 1.63. The molecule has 1 saturated heterocycles. The van der Waals surface area contributed by atoms with Crippen LogP contribution in [0.25, 0.3) is 6.08 Å². The van der Waals surface area contributed by atoms with Crippen molar-refractivity contribution in [2.75, 3.05) is 7.11 Å². The standard InChI is InChI=1S/C31H32N2O3S/c1-22-13-16-25(17-14-22)32-31-33(26-11-7-4-8-12-26)30(34)29(37-31)20-24-15-18-27(28(19-24)35-2)36-21-23-9-5-3-6-10-23/h3,5-6,9-10,13-20,26H,4,7-8,11-12,21H2,1-2H3/b29-20+,32-31?. The van der Waals surface area contributed by atoms with Crippen molar-refractivity contribution in [3.05, 3.63) is 94.4 Å². The molecule has 2 aliphatic rings. The Hall–Kier alpha value is -3.51. The van der Waals surface area contributed by atoms with Crippen molar-refractivity contribution in [2.45, 2.75) is 51.7 Å². The van der Waals surface area contributed by atoms with Crippen molar-refractivity contribution in [1.82, 2.24) is 4.90 Å². The van der Waals surface area contributed by atoms with Gasteiger partial charge in [0.15, 0.2) is 16.7 Å². The predicted octanol–water partition coefficient (Wildman–Crippen LogP) is 7.52. The van der Waals surface area contributed by atoms with Crippen molar-refractivity contribution < 1.29 is 14.3 Å². The van der Waals surface area contributed by atoms with E-state index in [1.807, 2.05) is 71.6 Å². The topological polar surface area (TPSA) is 51.1 Å². The molecule has 1 saturated carbocycles. The zero-order valence-corrected chi connectivity index (χ0v) is 22.2. The zero-order chi connectivity index (χ0) is 25.6. The maximum Gasteiger partial charge on any atom is 0.267 e. The SMILES string of the molecule is COc1cc(/C=C2/SC(=Nc3ccc(C)cc3)N(C3CCCCC3)C2=O)ccc1OCc1ccccc1. The van der Waals surface area contributed by atoms with Crippen LogP contribution < -0.4 is 9.47 Å². The third-order valence-corrected chi connectivity index (χ3v) is 7.74. The highest BCUT2D eigenvalue weighted by Gasteiger charge is 2.38. The van der Waals surface area contributed by atoms with Gasteiger partial charge in [-0.25, -0.2) is 4.99 Å². The number of aliphatic imine (C=N–C) groups is 1. The molecule has 1 aliphatic heterocycles. The highest BCUT2D eigenvalue weighted by molar-refractivity contribution is 8.18. The van der Waals surface area contributed by atoms with Crippen molar-refractivity contribution in [3.8, 4) is 11.5 Å². The number of aryl methyl sites for hydroxylation is 1. The molecule has 0 spiro atoms. The molecular formula is C31H32N2O3S. The van der Waals surface area contributed by atoms with Crippen LogP contribution in [0.15, 0.2) is 82.7 Å². The third-order valence-electron chi connectivity index (χ3n) is 6.76. The number of amidine groups is 1. The van der Waals surface area contributed by atoms with E-state index in [-0.39, 0.29) is 11.9 Å². The van der Waals surface area contributed by atoms with Crippen molar-refractivity contribution in [1.29, 1.82) is 0 Å². The number of ether oxygens (including phenoxy) is 2. The highest BCUT2D eigenvalue weighted by atomic mass is 32.2. The van der Waals surface area contributed by atoms with Gasteiger partial charge in [-0.05, 0) is 73.0 Å². The monoisotopic (exact) mass is 512 g/mol. The van der Waals surface area contributed by atoms with Crippen LogP contribution in [0, 0.1) is 6.92 Å². The molecule has 1 aliphatic carbocycles. The molecule has 0 atom stereocenters. The van der Waals surface area contributed by atoms with Gasteiger partial charge in [0.2, 0.25) is 0 Å². The lowest BCUT2D eigenvalue weighted by atomic mass is 9.94. The Kier molecular flexibility index (Phi) is 7.95. The number of methoxy groups -OCH3 is 1. The summed E-state index contributed by atoms with van der Waals surface area (Å²) in [6, 6.07) is 24.1. The highest BCUT2D eigenvalue weighted by Crippen LogP contribution is 2.39. The molecule has 1 amide bonds. The molecule has 190 valence electrons. The number of amides is 1. The summed E-state index contributed by atoms with van der Waals surface area (Å²) in [5, 5.41) is 0.766. The first-order valence-corrected chi connectivity index (χ1v) is 13.7. The van der Waals surface area contributed by atoms with E-state index < -0.39 is 0 Å². The first-order chi connectivity index (χ1) is 18.1. The van der Waals surface area contributed by atoms with Gasteiger partial charge in [-0.3, -0.25) is 9.69 Å². The van der Waals surface area contributed by atoms with Gasteiger partial charge in [0.05, 0.1) is 17.7 Å². The van der Waals surface area contributed by atoms with Gasteiger partial charge in [-0.2, -0.15) is 0 Å². The van der Waals surface area contributed by atoms with Crippen LogP contribution in [0.4, 0.5) is 5.69 Å². The molecule has 2 fully saturated rings. The second-order valence-corrected chi connectivity index (χ2v) is 10.5. The van der Waals surface area contributed by atoms with E-state index in [1.165, 1.54) is 23.7 Å². The smallest absolute Gasteiger partial charge is 0.267 e. The first kappa shape index (κ1) is 25.2. The van der Waals surface area contributed by atoms with Gasteiger partial charge < -0.3 is 9.47 Å². The van der Waals surface area contributed by atoms with Crippen LogP contribution >= 0.6 is 11.8 Å². The summed E-state index contributed by atoms with van der Waals surface area (Å²) in [6.45, 7) is 2.52. The molecule has 0 aromatic heterocycles. The van der Waals surface area contributed by atoms with E-state index in [9.17, 15) is 4.79 Å². The summed E-state index contributed by atoms with van der Waals surface area (Å²) in [5.41, 5.74) is 4.03. The molecule has 6 heteroatoms. The molecule has 0 bridgehead atoms. The van der Waals surface area contributed by atoms with Crippen LogP contribution in [0.2, 0.25) is 0 Å². The van der Waals surface area contributed by atoms with E-state index in [4.69, 9.17) is 14.5 Å². The Morgan fingerprint density at radius 2 is 1.73 bits per heavy atom. The number of hydrogen-bond donors (Lipinski definition) is 0. The summed E-state index contributed by atoms with van der Waals surface area (Å²) < 4.78 is 11.6. The quantitative estimate of drug-likeness (QED) is 0.307. The maximum atomic E-state index is 13.6. The molecule has 0 unspecified atom stereocenters. The van der Waals surface area contributed by atoms with Crippen molar-refractivity contribution >= 4 is 34.6 Å². The second-order valence-electron chi connectivity index (χ2n) is 9.49. The van der Waals surface area contributed by atoms with Gasteiger partial charge in [-0.1, -0.05) is 73.4 Å². The molecule has 1 heterocycles. The maximum absolute atomic E-state index is 13.6. The Morgan fingerprint density at radius 3 is 2.46 bits per heavy atom. The lowest BCUT2D eigenvalue weighted by Gasteiger charge is -2.30. The minimum Gasteiger partial charge on any atom is -0.493 e. The normalized spacial score (nSPS) is 18.5.